The number of benzene rings is 1. The molecule has 9 nitrogen and oxygen atoms in total. The number of pyridine rings is 1. The van der Waals surface area contributed by atoms with Gasteiger partial charge < -0.3 is 5.32 Å². The van der Waals surface area contributed by atoms with Crippen molar-refractivity contribution in [3.05, 3.63) is 60.0 Å². The van der Waals surface area contributed by atoms with Crippen LogP contribution in [0.2, 0.25) is 0 Å². The molecule has 166 valence electrons. The first-order valence-corrected chi connectivity index (χ1v) is 11.6. The molecule has 2 heterocycles. The number of carbonyl (C=O) groups excluding carboxylic acids is 1. The molecule has 10 heteroatoms. The molecular weight excluding hydrogens is 426 g/mol. The van der Waals surface area contributed by atoms with E-state index in [-0.39, 0.29) is 22.7 Å². The average molecular weight is 452 g/mol. The number of hydrogen-bond donors (Lipinski definition) is 3. The van der Waals surface area contributed by atoms with Gasteiger partial charge in [0.2, 0.25) is 0 Å². The van der Waals surface area contributed by atoms with Gasteiger partial charge in [-0.3, -0.25) is 4.68 Å². The standard InChI is InChI=1S/C22H25N7O2S/c1-14(2)18-6-5-7-19(16-8-10-25-17(12-16)13-23)21(18)26-22(30)28-32(24,31)20-9-11-29(27-20)15(3)4/h5-12,14-15H,1-4H3,(H3,24,26,28,30,31). The third kappa shape index (κ3) is 4.95. The van der Waals surface area contributed by atoms with E-state index in [4.69, 9.17) is 4.78 Å². The molecule has 0 aliphatic heterocycles. The molecule has 0 saturated heterocycles. The van der Waals surface area contributed by atoms with E-state index in [0.717, 1.165) is 5.56 Å². The van der Waals surface area contributed by atoms with Crippen LogP contribution >= 0.6 is 0 Å². The second-order valence-corrected chi connectivity index (χ2v) is 9.54. The number of carbonyl (C=O) groups is 1. The Balaban J connectivity index is 1.95. The predicted octanol–water partition coefficient (Wildman–Crippen LogP) is 4.66. The number of nitriles is 1. The molecule has 0 aliphatic carbocycles. The van der Waals surface area contributed by atoms with Gasteiger partial charge in [-0.1, -0.05) is 32.0 Å². The molecule has 1 aromatic carbocycles. The minimum atomic E-state index is -3.66. The van der Waals surface area contributed by atoms with Gasteiger partial charge >= 0.3 is 6.03 Å². The maximum absolute atomic E-state index is 12.9. The molecular formula is C22H25N7O2S. The Labute approximate surface area is 187 Å². The van der Waals surface area contributed by atoms with Crippen LogP contribution in [0.5, 0.6) is 0 Å². The topological polar surface area (TPSA) is 137 Å². The molecule has 3 N–H and O–H groups in total. The third-order valence-electron chi connectivity index (χ3n) is 4.79. The minimum absolute atomic E-state index is 0.0217. The highest BCUT2D eigenvalue weighted by molar-refractivity contribution is 7.91. The summed E-state index contributed by atoms with van der Waals surface area (Å²) in [6, 6.07) is 11.7. The molecule has 32 heavy (non-hydrogen) atoms. The molecule has 0 saturated carbocycles. The molecule has 3 rings (SSSR count). The Bertz CT molecular complexity index is 1290. The van der Waals surface area contributed by atoms with Crippen LogP contribution in [0.15, 0.2) is 53.8 Å². The monoisotopic (exact) mass is 451 g/mol. The van der Waals surface area contributed by atoms with Gasteiger partial charge in [-0.25, -0.2) is 23.5 Å². The third-order valence-corrected chi connectivity index (χ3v) is 6.07. The molecule has 1 atom stereocenters. The number of hydrogen-bond acceptors (Lipinski definition) is 6. The average Bonchev–Trinajstić information content (AvgIpc) is 3.25. The highest BCUT2D eigenvalue weighted by Gasteiger charge is 2.20. The lowest BCUT2D eigenvalue weighted by atomic mass is 9.94. The van der Waals surface area contributed by atoms with Crippen molar-refractivity contribution >= 4 is 21.6 Å². The zero-order valence-electron chi connectivity index (χ0n) is 18.3. The van der Waals surface area contributed by atoms with E-state index in [9.17, 15) is 14.3 Å². The van der Waals surface area contributed by atoms with Crippen molar-refractivity contribution in [3.63, 3.8) is 0 Å². The van der Waals surface area contributed by atoms with Crippen molar-refractivity contribution in [3.8, 4) is 17.2 Å². The number of rotatable bonds is 6. The van der Waals surface area contributed by atoms with Crippen LogP contribution in [-0.2, 0) is 9.92 Å². The number of aromatic nitrogens is 3. The zero-order chi connectivity index (χ0) is 23.5. The molecule has 0 bridgehead atoms. The quantitative estimate of drug-likeness (QED) is 0.500. The summed E-state index contributed by atoms with van der Waals surface area (Å²) >= 11 is 0. The SMILES string of the molecule is CC(C)c1cccc(-c2ccnc(C#N)c2)c1NC(=O)NS(=N)(=O)c1ccn(C(C)C)n1. The van der Waals surface area contributed by atoms with Crippen molar-refractivity contribution in [1.29, 1.82) is 10.0 Å². The van der Waals surface area contributed by atoms with Crippen LogP contribution in [0.1, 0.15) is 50.9 Å². The van der Waals surface area contributed by atoms with Crippen LogP contribution in [0.3, 0.4) is 0 Å². The van der Waals surface area contributed by atoms with E-state index in [1.165, 1.54) is 12.3 Å². The first-order valence-electron chi connectivity index (χ1n) is 10.0. The van der Waals surface area contributed by atoms with Crippen LogP contribution in [0, 0.1) is 16.1 Å². The number of amides is 2. The summed E-state index contributed by atoms with van der Waals surface area (Å²) in [5, 5.41) is 16.1. The molecule has 1 unspecified atom stereocenters. The van der Waals surface area contributed by atoms with Crippen molar-refractivity contribution in [2.24, 2.45) is 0 Å². The fourth-order valence-electron chi connectivity index (χ4n) is 3.17. The number of anilines is 1. The zero-order valence-corrected chi connectivity index (χ0v) is 19.1. The van der Waals surface area contributed by atoms with Gasteiger partial charge in [-0.15, -0.1) is 0 Å². The Morgan fingerprint density at radius 2 is 1.97 bits per heavy atom. The summed E-state index contributed by atoms with van der Waals surface area (Å²) in [5.74, 6) is 0.0737. The summed E-state index contributed by atoms with van der Waals surface area (Å²) in [5.41, 5.74) is 3.01. The van der Waals surface area contributed by atoms with Crippen LogP contribution < -0.4 is 10.0 Å². The van der Waals surface area contributed by atoms with Crippen molar-refractivity contribution in [1.82, 2.24) is 19.5 Å². The molecule has 0 aliphatic rings. The fourth-order valence-corrected chi connectivity index (χ4v) is 4.05. The number of nitrogens with zero attached hydrogens (tertiary/aromatic N) is 4. The van der Waals surface area contributed by atoms with Gasteiger partial charge in [0.15, 0.2) is 14.9 Å². The molecule has 0 spiro atoms. The van der Waals surface area contributed by atoms with Crippen LogP contribution in [-0.4, -0.2) is 25.0 Å². The summed E-state index contributed by atoms with van der Waals surface area (Å²) in [4.78, 5) is 16.8. The number of urea groups is 1. The predicted molar refractivity (Wildman–Crippen MR) is 122 cm³/mol. The van der Waals surface area contributed by atoms with Gasteiger partial charge in [0, 0.05) is 24.0 Å². The van der Waals surface area contributed by atoms with Gasteiger partial charge in [-0.05, 0) is 49.1 Å². The van der Waals surface area contributed by atoms with Crippen molar-refractivity contribution in [2.45, 2.75) is 44.7 Å². The van der Waals surface area contributed by atoms with Crippen molar-refractivity contribution in [2.75, 3.05) is 5.32 Å². The first kappa shape index (κ1) is 23.0. The second-order valence-electron chi connectivity index (χ2n) is 7.81. The van der Waals surface area contributed by atoms with E-state index in [0.29, 0.717) is 16.8 Å². The number of nitrogens with one attached hydrogen (secondary N) is 3. The normalized spacial score (nSPS) is 12.9. The van der Waals surface area contributed by atoms with E-state index in [2.05, 4.69) is 20.1 Å². The highest BCUT2D eigenvalue weighted by Crippen LogP contribution is 2.35. The van der Waals surface area contributed by atoms with Gasteiger partial charge in [0.1, 0.15) is 11.8 Å². The molecule has 0 radical (unpaired) electrons. The smallest absolute Gasteiger partial charge is 0.306 e. The fraction of sp³-hybridized carbons (Fsp3) is 0.273. The van der Waals surface area contributed by atoms with Crippen molar-refractivity contribution < 1.29 is 9.00 Å². The van der Waals surface area contributed by atoms with Gasteiger partial charge in [0.05, 0.1) is 5.69 Å². The van der Waals surface area contributed by atoms with E-state index in [1.54, 1.807) is 23.0 Å². The Kier molecular flexibility index (Phi) is 6.60. The summed E-state index contributed by atoms with van der Waals surface area (Å²) in [7, 11) is -3.66. The summed E-state index contributed by atoms with van der Waals surface area (Å²) in [6.07, 6.45) is 3.15. The lowest BCUT2D eigenvalue weighted by Gasteiger charge is -2.19. The maximum Gasteiger partial charge on any atom is 0.332 e. The first-order chi connectivity index (χ1) is 15.1. The highest BCUT2D eigenvalue weighted by atomic mass is 32.2. The summed E-state index contributed by atoms with van der Waals surface area (Å²) in [6.45, 7) is 7.79. The Morgan fingerprint density at radius 3 is 2.59 bits per heavy atom. The lowest BCUT2D eigenvalue weighted by Crippen LogP contribution is -2.34. The second kappa shape index (κ2) is 9.20. The molecule has 0 fully saturated rings. The molecule has 2 amide bonds. The van der Waals surface area contributed by atoms with Gasteiger partial charge in [-0.2, -0.15) is 10.4 Å². The van der Waals surface area contributed by atoms with Crippen LogP contribution in [0.25, 0.3) is 11.1 Å². The number of para-hydroxylation sites is 1. The minimum Gasteiger partial charge on any atom is -0.306 e. The molecule has 2 aromatic heterocycles. The molecule has 3 aromatic rings. The Morgan fingerprint density at radius 1 is 1.22 bits per heavy atom. The Hall–Kier alpha value is -3.71. The summed E-state index contributed by atoms with van der Waals surface area (Å²) < 4.78 is 24.8. The van der Waals surface area contributed by atoms with E-state index < -0.39 is 15.9 Å². The lowest BCUT2D eigenvalue weighted by molar-refractivity contribution is 0.256. The largest absolute Gasteiger partial charge is 0.332 e. The van der Waals surface area contributed by atoms with E-state index in [1.807, 2.05) is 52.0 Å². The van der Waals surface area contributed by atoms with Gasteiger partial charge in [0.25, 0.3) is 0 Å². The van der Waals surface area contributed by atoms with E-state index >= 15 is 0 Å². The maximum atomic E-state index is 12.9. The van der Waals surface area contributed by atoms with Crippen LogP contribution in [0.4, 0.5) is 10.5 Å².